The predicted octanol–water partition coefficient (Wildman–Crippen LogP) is 4.86. The second-order valence-electron chi connectivity index (χ2n) is 6.00. The van der Waals surface area contributed by atoms with Gasteiger partial charge in [-0.1, -0.05) is 49.0 Å². The third-order valence-corrected chi connectivity index (χ3v) is 4.94. The SMILES string of the molecule is CCc1cc(Nc2ccc(F)cc2)n2nc(SCc3ccccc3)nc2n1. The molecule has 0 aliphatic rings. The van der Waals surface area contributed by atoms with Crippen LogP contribution in [0.3, 0.4) is 0 Å². The number of aryl methyl sites for hydroxylation is 1. The average molecular weight is 379 g/mol. The van der Waals surface area contributed by atoms with E-state index in [0.29, 0.717) is 10.9 Å². The normalized spacial score (nSPS) is 11.0. The van der Waals surface area contributed by atoms with Crippen LogP contribution in [0.25, 0.3) is 5.78 Å². The molecule has 0 spiro atoms. The molecule has 2 heterocycles. The van der Waals surface area contributed by atoms with Crippen molar-refractivity contribution in [3.05, 3.63) is 77.7 Å². The number of hydrogen-bond acceptors (Lipinski definition) is 5. The Balaban J connectivity index is 1.63. The summed E-state index contributed by atoms with van der Waals surface area (Å²) in [7, 11) is 0. The predicted molar refractivity (Wildman–Crippen MR) is 106 cm³/mol. The van der Waals surface area contributed by atoms with Gasteiger partial charge in [-0.15, -0.1) is 5.10 Å². The molecule has 0 unspecified atom stereocenters. The van der Waals surface area contributed by atoms with E-state index in [1.165, 1.54) is 17.7 Å². The number of halogens is 1. The Kier molecular flexibility index (Phi) is 5.02. The second kappa shape index (κ2) is 7.75. The Hall–Kier alpha value is -2.93. The summed E-state index contributed by atoms with van der Waals surface area (Å²) in [5.74, 6) is 1.83. The van der Waals surface area contributed by atoms with Crippen molar-refractivity contribution in [1.29, 1.82) is 0 Å². The monoisotopic (exact) mass is 379 g/mol. The summed E-state index contributed by atoms with van der Waals surface area (Å²) in [5, 5.41) is 8.54. The van der Waals surface area contributed by atoms with Crippen LogP contribution < -0.4 is 5.32 Å². The maximum atomic E-state index is 13.2. The zero-order valence-electron chi connectivity index (χ0n) is 14.8. The van der Waals surface area contributed by atoms with Crippen molar-refractivity contribution >= 4 is 29.0 Å². The molecule has 0 fully saturated rings. The first-order chi connectivity index (χ1) is 13.2. The van der Waals surface area contributed by atoms with E-state index in [0.717, 1.165) is 29.4 Å². The number of thioether (sulfide) groups is 1. The Morgan fingerprint density at radius 2 is 1.81 bits per heavy atom. The molecule has 136 valence electrons. The maximum absolute atomic E-state index is 13.2. The highest BCUT2D eigenvalue weighted by atomic mass is 32.2. The fourth-order valence-electron chi connectivity index (χ4n) is 2.63. The highest BCUT2D eigenvalue weighted by molar-refractivity contribution is 7.98. The van der Waals surface area contributed by atoms with Gasteiger partial charge in [0.1, 0.15) is 11.6 Å². The molecule has 0 amide bonds. The summed E-state index contributed by atoms with van der Waals surface area (Å²) in [6.07, 6.45) is 0.786. The van der Waals surface area contributed by atoms with Crippen LogP contribution in [0.1, 0.15) is 18.2 Å². The molecule has 2 aromatic carbocycles. The van der Waals surface area contributed by atoms with E-state index in [1.54, 1.807) is 28.4 Å². The standard InChI is InChI=1S/C20H18FN5S/c1-2-16-12-18(22-17-10-8-15(21)9-11-17)26-19(23-16)24-20(25-26)27-13-14-6-4-3-5-7-14/h3-12,22H,2,13H2,1H3. The summed E-state index contributed by atoms with van der Waals surface area (Å²) >= 11 is 1.57. The summed E-state index contributed by atoms with van der Waals surface area (Å²) in [4.78, 5) is 9.12. The molecular formula is C20H18FN5S. The average Bonchev–Trinajstić information content (AvgIpc) is 3.12. The Morgan fingerprint density at radius 1 is 1.04 bits per heavy atom. The summed E-state index contributed by atoms with van der Waals surface area (Å²) in [6, 6.07) is 18.4. The largest absolute Gasteiger partial charge is 0.340 e. The molecule has 0 saturated heterocycles. The van der Waals surface area contributed by atoms with Gasteiger partial charge in [0.2, 0.25) is 5.16 Å². The molecule has 27 heavy (non-hydrogen) atoms. The van der Waals surface area contributed by atoms with Crippen LogP contribution in [0, 0.1) is 5.82 Å². The van der Waals surface area contributed by atoms with Crippen molar-refractivity contribution in [1.82, 2.24) is 19.6 Å². The van der Waals surface area contributed by atoms with Crippen molar-refractivity contribution in [3.63, 3.8) is 0 Å². The van der Waals surface area contributed by atoms with E-state index in [9.17, 15) is 4.39 Å². The minimum absolute atomic E-state index is 0.268. The molecule has 1 N–H and O–H groups in total. The minimum atomic E-state index is -0.268. The van der Waals surface area contributed by atoms with E-state index < -0.39 is 0 Å². The first-order valence-corrected chi connectivity index (χ1v) is 9.66. The lowest BCUT2D eigenvalue weighted by atomic mass is 10.2. The molecule has 0 aliphatic heterocycles. The highest BCUT2D eigenvalue weighted by Gasteiger charge is 2.12. The Labute approximate surface area is 160 Å². The zero-order valence-corrected chi connectivity index (χ0v) is 15.6. The molecule has 0 aliphatic carbocycles. The lowest BCUT2D eigenvalue weighted by Crippen LogP contribution is -2.03. The second-order valence-corrected chi connectivity index (χ2v) is 6.94. The number of benzene rings is 2. The van der Waals surface area contributed by atoms with Crippen LogP contribution in [-0.4, -0.2) is 19.6 Å². The summed E-state index contributed by atoms with van der Waals surface area (Å²) in [6.45, 7) is 2.04. The van der Waals surface area contributed by atoms with Gasteiger partial charge in [-0.25, -0.2) is 9.37 Å². The molecule has 2 aromatic heterocycles. The van der Waals surface area contributed by atoms with E-state index in [-0.39, 0.29) is 5.82 Å². The molecule has 0 saturated carbocycles. The van der Waals surface area contributed by atoms with Crippen LogP contribution in [0.2, 0.25) is 0 Å². The van der Waals surface area contributed by atoms with Crippen LogP contribution in [-0.2, 0) is 12.2 Å². The first-order valence-electron chi connectivity index (χ1n) is 8.67. The lowest BCUT2D eigenvalue weighted by molar-refractivity contribution is 0.628. The number of hydrogen-bond donors (Lipinski definition) is 1. The van der Waals surface area contributed by atoms with Crippen LogP contribution in [0.15, 0.2) is 65.8 Å². The Morgan fingerprint density at radius 3 is 2.56 bits per heavy atom. The minimum Gasteiger partial charge on any atom is -0.340 e. The Bertz CT molecular complexity index is 1050. The smallest absolute Gasteiger partial charge is 0.255 e. The number of rotatable bonds is 6. The van der Waals surface area contributed by atoms with Crippen molar-refractivity contribution < 1.29 is 4.39 Å². The van der Waals surface area contributed by atoms with Gasteiger partial charge in [0, 0.05) is 23.2 Å². The number of aromatic nitrogens is 4. The van der Waals surface area contributed by atoms with Crippen molar-refractivity contribution in [2.75, 3.05) is 5.32 Å². The van der Waals surface area contributed by atoms with Gasteiger partial charge >= 0.3 is 0 Å². The van der Waals surface area contributed by atoms with Crippen LogP contribution in [0.5, 0.6) is 0 Å². The quantitative estimate of drug-likeness (QED) is 0.485. The van der Waals surface area contributed by atoms with Gasteiger partial charge in [0.25, 0.3) is 5.78 Å². The summed E-state index contributed by atoms with van der Waals surface area (Å²) in [5.41, 5.74) is 2.91. The number of nitrogens with one attached hydrogen (secondary N) is 1. The molecule has 0 atom stereocenters. The van der Waals surface area contributed by atoms with Crippen molar-refractivity contribution in [3.8, 4) is 0 Å². The molecular weight excluding hydrogens is 361 g/mol. The van der Waals surface area contributed by atoms with Gasteiger partial charge in [-0.05, 0) is 36.2 Å². The van der Waals surface area contributed by atoms with Gasteiger partial charge in [0.15, 0.2) is 0 Å². The molecule has 0 bridgehead atoms. The van der Waals surface area contributed by atoms with Gasteiger partial charge in [0.05, 0.1) is 0 Å². The fourth-order valence-corrected chi connectivity index (χ4v) is 3.41. The number of nitrogens with zero attached hydrogens (tertiary/aromatic N) is 4. The third-order valence-electron chi connectivity index (χ3n) is 4.04. The fraction of sp³-hybridized carbons (Fsp3) is 0.150. The lowest BCUT2D eigenvalue weighted by Gasteiger charge is -2.09. The topological polar surface area (TPSA) is 55.1 Å². The van der Waals surface area contributed by atoms with Crippen molar-refractivity contribution in [2.45, 2.75) is 24.3 Å². The van der Waals surface area contributed by atoms with E-state index in [4.69, 9.17) is 0 Å². The highest BCUT2D eigenvalue weighted by Crippen LogP contribution is 2.23. The maximum Gasteiger partial charge on any atom is 0.255 e. The van der Waals surface area contributed by atoms with Crippen LogP contribution in [0.4, 0.5) is 15.9 Å². The van der Waals surface area contributed by atoms with Crippen molar-refractivity contribution in [2.24, 2.45) is 0 Å². The van der Waals surface area contributed by atoms with E-state index in [1.807, 2.05) is 31.2 Å². The third kappa shape index (κ3) is 4.09. The van der Waals surface area contributed by atoms with Gasteiger partial charge in [-0.3, -0.25) is 0 Å². The number of anilines is 2. The molecule has 4 aromatic rings. The zero-order chi connectivity index (χ0) is 18.6. The first kappa shape index (κ1) is 17.5. The summed E-state index contributed by atoms with van der Waals surface area (Å²) < 4.78 is 14.8. The van der Waals surface area contributed by atoms with E-state index in [2.05, 4.69) is 32.5 Å². The van der Waals surface area contributed by atoms with Gasteiger partial charge < -0.3 is 5.32 Å². The van der Waals surface area contributed by atoms with E-state index >= 15 is 0 Å². The number of fused-ring (bicyclic) bond motifs is 1. The van der Waals surface area contributed by atoms with Crippen LogP contribution >= 0.6 is 11.8 Å². The molecule has 7 heteroatoms. The molecule has 0 radical (unpaired) electrons. The molecule has 5 nitrogen and oxygen atoms in total. The van der Waals surface area contributed by atoms with Gasteiger partial charge in [-0.2, -0.15) is 9.50 Å². The molecule has 4 rings (SSSR count).